The number of nitrogens with zero attached hydrogens (tertiary/aromatic N) is 6. The molecule has 0 radical (unpaired) electrons. The van der Waals surface area contributed by atoms with Crippen LogP contribution in [0.4, 0.5) is 17.2 Å². The number of pyridine rings is 1. The maximum Gasteiger partial charge on any atom is 0.225 e. The summed E-state index contributed by atoms with van der Waals surface area (Å²) in [7, 11) is 0. The van der Waals surface area contributed by atoms with E-state index in [1.165, 1.54) is 0 Å². The van der Waals surface area contributed by atoms with Gasteiger partial charge in [0, 0.05) is 68.6 Å². The van der Waals surface area contributed by atoms with Gasteiger partial charge in [-0.2, -0.15) is 0 Å². The molecule has 2 aliphatic heterocycles. The fourth-order valence-electron chi connectivity index (χ4n) is 4.86. The summed E-state index contributed by atoms with van der Waals surface area (Å²) in [5.74, 6) is 1.87. The molecule has 192 valence electrons. The van der Waals surface area contributed by atoms with E-state index in [-0.39, 0.29) is 5.92 Å². The standard InChI is InChI=1S/C27H35BrN6O2/c1-3-30-26-25(29-2)24(9-12-31-26)33-13-10-21(11-14-33)27(35)34-17-15-32(16-18-34)19-20-36-23-6-4-5-22(28)7-8-23/h3,5-9,12,21H,2,4,10-11,13-20H2,1H3. The van der Waals surface area contributed by atoms with Crippen molar-refractivity contribution in [3.63, 3.8) is 0 Å². The van der Waals surface area contributed by atoms with E-state index in [0.29, 0.717) is 24.0 Å². The third-order valence-electron chi connectivity index (χ3n) is 6.88. The van der Waals surface area contributed by atoms with Crippen LogP contribution >= 0.6 is 15.9 Å². The molecule has 2 saturated heterocycles. The number of allylic oxidation sites excluding steroid dienone is 5. The molecule has 0 N–H and O–H groups in total. The van der Waals surface area contributed by atoms with E-state index in [1.54, 1.807) is 12.4 Å². The number of anilines is 1. The van der Waals surface area contributed by atoms with E-state index in [2.05, 4.69) is 64.5 Å². The molecule has 2 fully saturated rings. The maximum absolute atomic E-state index is 13.2. The number of rotatable bonds is 8. The van der Waals surface area contributed by atoms with E-state index in [9.17, 15) is 4.79 Å². The number of amides is 1. The van der Waals surface area contributed by atoms with E-state index in [1.807, 2.05) is 25.1 Å². The molecule has 0 spiro atoms. The van der Waals surface area contributed by atoms with Crippen molar-refractivity contribution in [2.75, 3.05) is 57.3 Å². The van der Waals surface area contributed by atoms with Crippen molar-refractivity contribution in [3.8, 4) is 0 Å². The molecule has 0 aromatic carbocycles. The van der Waals surface area contributed by atoms with Gasteiger partial charge < -0.3 is 14.5 Å². The Labute approximate surface area is 222 Å². The Morgan fingerprint density at radius 3 is 2.69 bits per heavy atom. The fraction of sp³-hybridized carbons (Fsp3) is 0.481. The van der Waals surface area contributed by atoms with Gasteiger partial charge in [0.1, 0.15) is 18.1 Å². The minimum absolute atomic E-state index is 0.0770. The number of aliphatic imine (C=N–C) groups is 2. The lowest BCUT2D eigenvalue weighted by Gasteiger charge is -2.39. The number of hydrogen-bond acceptors (Lipinski definition) is 7. The lowest BCUT2D eigenvalue weighted by atomic mass is 9.94. The summed E-state index contributed by atoms with van der Waals surface area (Å²) in [6, 6.07) is 1.96. The first-order valence-electron chi connectivity index (χ1n) is 12.7. The minimum Gasteiger partial charge on any atom is -0.493 e. The summed E-state index contributed by atoms with van der Waals surface area (Å²) < 4.78 is 7.02. The highest BCUT2D eigenvalue weighted by Gasteiger charge is 2.31. The van der Waals surface area contributed by atoms with Gasteiger partial charge >= 0.3 is 0 Å². The highest BCUT2D eigenvalue weighted by Crippen LogP contribution is 2.37. The Hall–Kier alpha value is -2.78. The molecule has 3 aliphatic rings. The number of carbonyl (C=O) groups is 1. The van der Waals surface area contributed by atoms with Gasteiger partial charge in [0.05, 0.1) is 5.69 Å². The van der Waals surface area contributed by atoms with E-state index < -0.39 is 0 Å². The average molecular weight is 556 g/mol. The molecule has 1 aliphatic carbocycles. The average Bonchev–Trinajstić information content (AvgIpc) is 3.12. The second-order valence-corrected chi connectivity index (χ2v) is 10.0. The smallest absolute Gasteiger partial charge is 0.225 e. The second-order valence-electron chi connectivity index (χ2n) is 9.09. The highest BCUT2D eigenvalue weighted by molar-refractivity contribution is 9.11. The summed E-state index contributed by atoms with van der Waals surface area (Å²) in [4.78, 5) is 32.7. The summed E-state index contributed by atoms with van der Waals surface area (Å²) in [6.45, 7) is 12.1. The third kappa shape index (κ3) is 6.70. The van der Waals surface area contributed by atoms with Crippen molar-refractivity contribution in [2.24, 2.45) is 15.9 Å². The van der Waals surface area contributed by atoms with Crippen LogP contribution in [0.3, 0.4) is 0 Å². The number of carbonyl (C=O) groups excluding carboxylic acids is 1. The molecule has 0 saturated carbocycles. The van der Waals surface area contributed by atoms with E-state index in [0.717, 1.165) is 81.0 Å². The number of halogens is 1. The van der Waals surface area contributed by atoms with Crippen LogP contribution < -0.4 is 4.90 Å². The van der Waals surface area contributed by atoms with Crippen molar-refractivity contribution in [1.29, 1.82) is 0 Å². The molecule has 0 unspecified atom stereocenters. The third-order valence-corrected chi connectivity index (χ3v) is 7.47. The van der Waals surface area contributed by atoms with Crippen LogP contribution in [0.2, 0.25) is 0 Å². The molecule has 4 rings (SSSR count). The molecule has 0 bridgehead atoms. The second kappa shape index (κ2) is 13.0. The molecule has 0 atom stereocenters. The lowest BCUT2D eigenvalue weighted by Crippen LogP contribution is -2.52. The summed E-state index contributed by atoms with van der Waals surface area (Å²) in [6.07, 6.45) is 14.2. The number of piperazine rings is 1. The highest BCUT2D eigenvalue weighted by atomic mass is 79.9. The van der Waals surface area contributed by atoms with Crippen LogP contribution in [-0.4, -0.2) is 86.0 Å². The van der Waals surface area contributed by atoms with E-state index >= 15 is 0 Å². The number of piperidine rings is 1. The van der Waals surface area contributed by atoms with Gasteiger partial charge in [-0.3, -0.25) is 14.7 Å². The van der Waals surface area contributed by atoms with Crippen molar-refractivity contribution in [3.05, 3.63) is 46.8 Å². The summed E-state index contributed by atoms with van der Waals surface area (Å²) >= 11 is 3.50. The summed E-state index contributed by atoms with van der Waals surface area (Å²) in [5, 5.41) is 0. The number of aromatic nitrogens is 1. The SMILES string of the molecule is C=Nc1c(N2CCC(C(=O)N3CCN(CCOC4=CCC=C(Br)C=C4)CC3)CC2)ccnc1N=CC. The quantitative estimate of drug-likeness (QED) is 0.438. The lowest BCUT2D eigenvalue weighted by molar-refractivity contribution is -0.138. The number of hydrogen-bond donors (Lipinski definition) is 0. The van der Waals surface area contributed by atoms with Gasteiger partial charge in [-0.25, -0.2) is 9.98 Å². The molecule has 8 nitrogen and oxygen atoms in total. The van der Waals surface area contributed by atoms with Gasteiger partial charge in [0.25, 0.3) is 0 Å². The first-order chi connectivity index (χ1) is 17.6. The monoisotopic (exact) mass is 554 g/mol. The zero-order valence-corrected chi connectivity index (χ0v) is 22.6. The number of ether oxygens (including phenoxy) is 1. The van der Waals surface area contributed by atoms with Crippen LogP contribution in [0, 0.1) is 5.92 Å². The molecule has 1 amide bonds. The summed E-state index contributed by atoms with van der Waals surface area (Å²) in [5.41, 5.74) is 1.69. The Morgan fingerprint density at radius 2 is 1.97 bits per heavy atom. The Morgan fingerprint density at radius 1 is 1.19 bits per heavy atom. The molecular weight excluding hydrogens is 520 g/mol. The van der Waals surface area contributed by atoms with Crippen LogP contribution in [0.15, 0.2) is 56.8 Å². The van der Waals surface area contributed by atoms with Gasteiger partial charge in [0.15, 0.2) is 5.82 Å². The van der Waals surface area contributed by atoms with Crippen molar-refractivity contribution >= 4 is 52.0 Å². The molecule has 9 heteroatoms. The zero-order valence-electron chi connectivity index (χ0n) is 21.0. The predicted molar refractivity (Wildman–Crippen MR) is 150 cm³/mol. The molecule has 1 aromatic heterocycles. The van der Waals surface area contributed by atoms with Crippen LogP contribution in [0.25, 0.3) is 0 Å². The van der Waals surface area contributed by atoms with Crippen molar-refractivity contribution in [1.82, 2.24) is 14.8 Å². The van der Waals surface area contributed by atoms with Crippen LogP contribution in [0.1, 0.15) is 26.2 Å². The first-order valence-corrected chi connectivity index (χ1v) is 13.5. The largest absolute Gasteiger partial charge is 0.493 e. The fourth-order valence-corrected chi connectivity index (χ4v) is 5.18. The molecule has 3 heterocycles. The minimum atomic E-state index is 0.0770. The Kier molecular flexibility index (Phi) is 9.47. The van der Waals surface area contributed by atoms with E-state index in [4.69, 9.17) is 4.74 Å². The van der Waals surface area contributed by atoms with Crippen LogP contribution in [-0.2, 0) is 9.53 Å². The topological polar surface area (TPSA) is 73.6 Å². The first kappa shape index (κ1) is 26.3. The van der Waals surface area contributed by atoms with Gasteiger partial charge in [-0.1, -0.05) is 22.0 Å². The maximum atomic E-state index is 13.2. The van der Waals surface area contributed by atoms with Crippen molar-refractivity contribution in [2.45, 2.75) is 26.2 Å². The normalized spacial score (nSPS) is 19.7. The van der Waals surface area contributed by atoms with Gasteiger partial charge in [0.2, 0.25) is 5.91 Å². The zero-order chi connectivity index (χ0) is 25.3. The molecule has 36 heavy (non-hydrogen) atoms. The predicted octanol–water partition coefficient (Wildman–Crippen LogP) is 4.64. The van der Waals surface area contributed by atoms with Crippen molar-refractivity contribution < 1.29 is 9.53 Å². The van der Waals surface area contributed by atoms with Gasteiger partial charge in [-0.05, 0) is 57.2 Å². The van der Waals surface area contributed by atoms with Gasteiger partial charge in [-0.15, -0.1) is 0 Å². The van der Waals surface area contributed by atoms with Crippen LogP contribution in [0.5, 0.6) is 0 Å². The molecule has 1 aromatic rings. The molecular formula is C27H35BrN6O2. The Balaban J connectivity index is 1.21. The Bertz CT molecular complexity index is 1050.